The summed E-state index contributed by atoms with van der Waals surface area (Å²) in [6.07, 6.45) is -4.35. The van der Waals surface area contributed by atoms with Crippen LogP contribution in [0, 0.1) is 0 Å². The summed E-state index contributed by atoms with van der Waals surface area (Å²) in [7, 11) is 0. The molecular formula is C20H13F3O2S. The van der Waals surface area contributed by atoms with E-state index in [0.29, 0.717) is 4.90 Å². The lowest BCUT2D eigenvalue weighted by atomic mass is 10.0. The normalized spacial score (nSPS) is 11.3. The van der Waals surface area contributed by atoms with Gasteiger partial charge < -0.3 is 5.11 Å². The average Bonchev–Trinajstić information content (AvgIpc) is 2.62. The minimum Gasteiger partial charge on any atom is -0.478 e. The van der Waals surface area contributed by atoms with Crippen LogP contribution in [-0.2, 0) is 6.18 Å². The number of carbonyl (C=O) groups is 1. The van der Waals surface area contributed by atoms with Crippen molar-refractivity contribution in [1.29, 1.82) is 0 Å². The van der Waals surface area contributed by atoms with Crippen molar-refractivity contribution in [1.82, 2.24) is 0 Å². The predicted octanol–water partition coefficient (Wildman–Crippen LogP) is 6.22. The Bertz CT molecular complexity index is 917. The monoisotopic (exact) mass is 374 g/mol. The lowest BCUT2D eigenvalue weighted by Crippen LogP contribution is -2.03. The summed E-state index contributed by atoms with van der Waals surface area (Å²) < 4.78 is 38.0. The zero-order valence-electron chi connectivity index (χ0n) is 13.3. The molecule has 0 saturated carbocycles. The van der Waals surface area contributed by atoms with Crippen LogP contribution in [0.25, 0.3) is 11.1 Å². The number of hydrogen-bond donors (Lipinski definition) is 1. The van der Waals surface area contributed by atoms with Crippen molar-refractivity contribution < 1.29 is 23.1 Å². The van der Waals surface area contributed by atoms with Gasteiger partial charge in [0, 0.05) is 9.79 Å². The maximum Gasteiger partial charge on any atom is 0.416 e. The Labute approximate surface area is 152 Å². The first-order valence-electron chi connectivity index (χ1n) is 7.62. The molecule has 0 heterocycles. The highest BCUT2D eigenvalue weighted by molar-refractivity contribution is 7.99. The number of carboxylic acid groups (broad SMARTS) is 1. The van der Waals surface area contributed by atoms with Crippen LogP contribution in [0.1, 0.15) is 15.9 Å². The number of hydrogen-bond acceptors (Lipinski definition) is 2. The Morgan fingerprint density at radius 3 is 2.04 bits per heavy atom. The lowest BCUT2D eigenvalue weighted by Gasteiger charge is -2.11. The van der Waals surface area contributed by atoms with Gasteiger partial charge in [-0.15, -0.1) is 0 Å². The van der Waals surface area contributed by atoms with E-state index < -0.39 is 17.7 Å². The Hall–Kier alpha value is -2.73. The van der Waals surface area contributed by atoms with Crippen molar-refractivity contribution in [3.63, 3.8) is 0 Å². The van der Waals surface area contributed by atoms with Crippen LogP contribution in [0.15, 0.2) is 82.6 Å². The number of carboxylic acids is 1. The zero-order valence-corrected chi connectivity index (χ0v) is 14.1. The molecule has 0 spiro atoms. The molecule has 0 fully saturated rings. The molecule has 1 N–H and O–H groups in total. The van der Waals surface area contributed by atoms with Crippen molar-refractivity contribution in [2.24, 2.45) is 0 Å². The number of benzene rings is 3. The molecule has 0 radical (unpaired) electrons. The van der Waals surface area contributed by atoms with E-state index in [1.165, 1.54) is 36.0 Å². The Morgan fingerprint density at radius 2 is 1.46 bits per heavy atom. The molecule has 0 saturated heterocycles. The molecule has 6 heteroatoms. The third-order valence-corrected chi connectivity index (χ3v) is 4.82. The van der Waals surface area contributed by atoms with Crippen LogP contribution in [0.2, 0.25) is 0 Å². The molecule has 3 aromatic rings. The fourth-order valence-electron chi connectivity index (χ4n) is 2.43. The quantitative estimate of drug-likeness (QED) is 0.589. The molecular weight excluding hydrogens is 361 g/mol. The molecule has 3 aromatic carbocycles. The van der Waals surface area contributed by atoms with E-state index >= 15 is 0 Å². The maximum absolute atomic E-state index is 12.7. The van der Waals surface area contributed by atoms with Gasteiger partial charge in [0.1, 0.15) is 0 Å². The summed E-state index contributed by atoms with van der Waals surface area (Å²) in [4.78, 5) is 12.5. The van der Waals surface area contributed by atoms with Crippen LogP contribution >= 0.6 is 11.8 Å². The van der Waals surface area contributed by atoms with Crippen molar-refractivity contribution in [3.8, 4) is 11.1 Å². The number of aromatic carboxylic acids is 1. The molecule has 3 rings (SSSR count). The molecule has 0 bridgehead atoms. The second kappa shape index (κ2) is 7.25. The highest BCUT2D eigenvalue weighted by atomic mass is 32.2. The summed E-state index contributed by atoms with van der Waals surface area (Å²) in [6.45, 7) is 0. The number of alkyl halides is 3. The number of rotatable bonds is 4. The van der Waals surface area contributed by atoms with Crippen LogP contribution in [0.5, 0.6) is 0 Å². The van der Waals surface area contributed by atoms with Crippen LogP contribution in [0.4, 0.5) is 13.2 Å². The molecule has 0 aliphatic heterocycles. The van der Waals surface area contributed by atoms with Gasteiger partial charge in [-0.2, -0.15) is 13.2 Å². The molecule has 0 amide bonds. The average molecular weight is 374 g/mol. The summed E-state index contributed by atoms with van der Waals surface area (Å²) in [6, 6.07) is 19.0. The van der Waals surface area contributed by atoms with Crippen LogP contribution < -0.4 is 0 Å². The molecule has 2 nitrogen and oxygen atoms in total. The van der Waals surface area contributed by atoms with E-state index in [1.807, 2.05) is 24.3 Å². The Kier molecular flexibility index (Phi) is 5.04. The van der Waals surface area contributed by atoms with E-state index in [4.69, 9.17) is 5.11 Å². The van der Waals surface area contributed by atoms with Gasteiger partial charge in [-0.05, 0) is 53.6 Å². The number of halogens is 3. The lowest BCUT2D eigenvalue weighted by molar-refractivity contribution is -0.137. The molecule has 0 aliphatic carbocycles. The largest absolute Gasteiger partial charge is 0.478 e. The van der Waals surface area contributed by atoms with Gasteiger partial charge in [-0.3, -0.25) is 0 Å². The second-order valence-electron chi connectivity index (χ2n) is 5.50. The van der Waals surface area contributed by atoms with Gasteiger partial charge in [-0.1, -0.05) is 42.1 Å². The van der Waals surface area contributed by atoms with E-state index in [0.717, 1.165) is 28.2 Å². The predicted molar refractivity (Wildman–Crippen MR) is 94.4 cm³/mol. The Morgan fingerprint density at radius 1 is 0.846 bits per heavy atom. The summed E-state index contributed by atoms with van der Waals surface area (Å²) in [5.74, 6) is -0.996. The fraction of sp³-hybridized carbons (Fsp3) is 0.0500. The second-order valence-corrected chi connectivity index (χ2v) is 6.62. The first kappa shape index (κ1) is 18.1. The molecule has 0 unspecified atom stereocenters. The molecule has 0 aromatic heterocycles. The summed E-state index contributed by atoms with van der Waals surface area (Å²) in [5.41, 5.74) is 1.24. The highest BCUT2D eigenvalue weighted by Gasteiger charge is 2.29. The van der Waals surface area contributed by atoms with Crippen LogP contribution in [0.3, 0.4) is 0 Å². The van der Waals surface area contributed by atoms with Crippen molar-refractivity contribution >= 4 is 17.7 Å². The van der Waals surface area contributed by atoms with Crippen molar-refractivity contribution in [3.05, 3.63) is 83.9 Å². The first-order chi connectivity index (χ1) is 12.3. The van der Waals surface area contributed by atoms with E-state index in [9.17, 15) is 18.0 Å². The fourth-order valence-corrected chi connectivity index (χ4v) is 3.39. The van der Waals surface area contributed by atoms with Gasteiger partial charge in [0.15, 0.2) is 0 Å². The third-order valence-electron chi connectivity index (χ3n) is 3.74. The summed E-state index contributed by atoms with van der Waals surface area (Å²) >= 11 is 1.36. The van der Waals surface area contributed by atoms with Gasteiger partial charge >= 0.3 is 12.1 Å². The maximum atomic E-state index is 12.7. The van der Waals surface area contributed by atoms with Gasteiger partial charge in [0.25, 0.3) is 0 Å². The minimum atomic E-state index is -4.35. The van der Waals surface area contributed by atoms with Crippen LogP contribution in [-0.4, -0.2) is 11.1 Å². The molecule has 0 aliphatic rings. The summed E-state index contributed by atoms with van der Waals surface area (Å²) in [5, 5.41) is 8.99. The van der Waals surface area contributed by atoms with Gasteiger partial charge in [-0.25, -0.2) is 4.79 Å². The topological polar surface area (TPSA) is 37.3 Å². The molecule has 132 valence electrons. The van der Waals surface area contributed by atoms with Crippen molar-refractivity contribution in [2.75, 3.05) is 0 Å². The van der Waals surface area contributed by atoms with Gasteiger partial charge in [0.2, 0.25) is 0 Å². The SMILES string of the molecule is O=C(O)c1ccc(-c2ccccc2Sc2ccc(C(F)(F)F)cc2)cc1. The third kappa shape index (κ3) is 4.08. The Balaban J connectivity index is 1.89. The minimum absolute atomic E-state index is 0.196. The first-order valence-corrected chi connectivity index (χ1v) is 8.44. The molecule has 26 heavy (non-hydrogen) atoms. The van der Waals surface area contributed by atoms with E-state index in [2.05, 4.69) is 0 Å². The van der Waals surface area contributed by atoms with E-state index in [1.54, 1.807) is 12.1 Å². The highest BCUT2D eigenvalue weighted by Crippen LogP contribution is 2.37. The van der Waals surface area contributed by atoms with E-state index in [-0.39, 0.29) is 5.56 Å². The van der Waals surface area contributed by atoms with Gasteiger partial charge in [0.05, 0.1) is 11.1 Å². The smallest absolute Gasteiger partial charge is 0.416 e. The van der Waals surface area contributed by atoms with Crippen molar-refractivity contribution in [2.45, 2.75) is 16.0 Å². The zero-order chi connectivity index (χ0) is 18.7. The standard InChI is InChI=1S/C20H13F3O2S/c21-20(22,23)15-9-11-16(12-10-15)26-18-4-2-1-3-17(18)13-5-7-14(8-6-13)19(24)25/h1-12H,(H,24,25). The molecule has 0 atom stereocenters.